The molecule has 0 heterocycles. The first-order valence-electron chi connectivity index (χ1n) is 3.73. The van der Waals surface area contributed by atoms with E-state index >= 15 is 0 Å². The molecular weight excluding hydrogens is 129 g/mol. The van der Waals surface area contributed by atoms with E-state index in [1.165, 1.54) is 19.4 Å². The summed E-state index contributed by atoms with van der Waals surface area (Å²) in [4.78, 5) is 0. The van der Waals surface area contributed by atoms with Crippen molar-refractivity contribution in [1.29, 1.82) is 0 Å². The second kappa shape index (κ2) is 11.2. The van der Waals surface area contributed by atoms with Crippen LogP contribution in [0.5, 0.6) is 0 Å². The number of unbranched alkanes of at least 4 members (excludes halogenated alkanes) is 1. The Morgan fingerprint density at radius 1 is 1.33 bits per heavy atom. The van der Waals surface area contributed by atoms with Crippen molar-refractivity contribution >= 4 is 9.39 Å². The fourth-order valence-electron chi connectivity index (χ4n) is 0.408. The Labute approximate surface area is 62.1 Å². The fourth-order valence-corrected chi connectivity index (χ4v) is 0.590. The molecule has 0 rings (SSSR count). The molecule has 0 fully saturated rings. The molecule has 0 radical (unpaired) electrons. The lowest BCUT2D eigenvalue weighted by atomic mass is 10.3. The highest BCUT2D eigenvalue weighted by molar-refractivity contribution is 7.13. The molecule has 1 nitrogen and oxygen atoms in total. The van der Waals surface area contributed by atoms with Gasteiger partial charge in [-0.2, -0.15) is 0 Å². The number of hydrogen-bond donors (Lipinski definition) is 0. The van der Waals surface area contributed by atoms with Crippen molar-refractivity contribution in [3.8, 4) is 0 Å². The maximum atomic E-state index is 2.64. The summed E-state index contributed by atoms with van der Waals surface area (Å²) in [6, 6.07) is 0. The average Bonchev–Trinajstić information content (AvgIpc) is 1.88. The van der Waals surface area contributed by atoms with Crippen LogP contribution in [0.25, 0.3) is 0 Å². The third kappa shape index (κ3) is 17.8. The molecule has 0 aromatic heterocycles. The predicted molar refractivity (Wildman–Crippen MR) is 48.6 cm³/mol. The first kappa shape index (κ1) is 12.1. The zero-order valence-electron chi connectivity index (χ0n) is 7.15. The monoisotopic (exact) mass is 149 g/mol. The number of nitrogens with zero attached hydrogens (tertiary/aromatic N) is 1. The second-order valence-corrected chi connectivity index (χ2v) is 2.72. The SMILES string of the molecule is CC.CCCCN(C)P. The molecule has 9 heavy (non-hydrogen) atoms. The van der Waals surface area contributed by atoms with Crippen molar-refractivity contribution in [2.75, 3.05) is 13.6 Å². The minimum absolute atomic E-state index is 1.20. The zero-order valence-corrected chi connectivity index (χ0v) is 8.30. The quantitative estimate of drug-likeness (QED) is 0.557. The smallest absolute Gasteiger partial charge is 0.00130 e. The van der Waals surface area contributed by atoms with Crippen LogP contribution < -0.4 is 0 Å². The van der Waals surface area contributed by atoms with Gasteiger partial charge in [0.2, 0.25) is 0 Å². The van der Waals surface area contributed by atoms with Gasteiger partial charge in [0.05, 0.1) is 0 Å². The van der Waals surface area contributed by atoms with Crippen LogP contribution in [0.2, 0.25) is 0 Å². The molecule has 1 unspecified atom stereocenters. The van der Waals surface area contributed by atoms with E-state index in [0.29, 0.717) is 0 Å². The lowest BCUT2D eigenvalue weighted by molar-refractivity contribution is 0.536. The summed E-state index contributed by atoms with van der Waals surface area (Å²) in [6.45, 7) is 7.40. The van der Waals surface area contributed by atoms with Crippen LogP contribution in [-0.4, -0.2) is 18.3 Å². The largest absolute Gasteiger partial charge is 0.290 e. The van der Waals surface area contributed by atoms with Gasteiger partial charge in [0.1, 0.15) is 0 Å². The molecule has 0 aliphatic heterocycles. The number of hydrogen-bond acceptors (Lipinski definition) is 1. The van der Waals surface area contributed by atoms with Crippen molar-refractivity contribution in [3.63, 3.8) is 0 Å². The summed E-state index contributed by atoms with van der Waals surface area (Å²) in [6.07, 6.45) is 2.60. The van der Waals surface area contributed by atoms with Crippen molar-refractivity contribution < 1.29 is 0 Å². The highest BCUT2D eigenvalue weighted by atomic mass is 31.0. The minimum Gasteiger partial charge on any atom is -0.290 e. The summed E-state index contributed by atoms with van der Waals surface area (Å²) in [7, 11) is 4.71. The Bertz CT molecular complexity index is 37.9. The van der Waals surface area contributed by atoms with E-state index in [0.717, 1.165) is 0 Å². The van der Waals surface area contributed by atoms with Crippen molar-refractivity contribution in [3.05, 3.63) is 0 Å². The summed E-state index contributed by atoms with van der Waals surface area (Å²) in [5, 5.41) is 0. The zero-order chi connectivity index (χ0) is 7.70. The molecule has 0 N–H and O–H groups in total. The molecule has 0 aliphatic carbocycles. The van der Waals surface area contributed by atoms with Crippen LogP contribution >= 0.6 is 9.39 Å². The predicted octanol–water partition coefficient (Wildman–Crippen LogP) is 2.53. The summed E-state index contributed by atoms with van der Waals surface area (Å²) in [5.74, 6) is 0. The van der Waals surface area contributed by atoms with Gasteiger partial charge >= 0.3 is 0 Å². The van der Waals surface area contributed by atoms with Crippen LogP contribution in [0.3, 0.4) is 0 Å². The molecule has 0 aliphatic rings. The molecule has 0 aromatic rings. The van der Waals surface area contributed by atoms with Gasteiger partial charge in [-0.05, 0) is 13.5 Å². The maximum Gasteiger partial charge on any atom is 0.00130 e. The van der Waals surface area contributed by atoms with E-state index in [1.54, 1.807) is 0 Å². The molecule has 0 amide bonds. The molecule has 0 aromatic carbocycles. The Morgan fingerprint density at radius 3 is 1.89 bits per heavy atom. The van der Waals surface area contributed by atoms with E-state index in [2.05, 4.69) is 28.0 Å². The molecule has 0 saturated heterocycles. The van der Waals surface area contributed by atoms with Gasteiger partial charge in [-0.25, -0.2) is 0 Å². The average molecular weight is 149 g/mol. The molecule has 1 atom stereocenters. The van der Waals surface area contributed by atoms with E-state index in [-0.39, 0.29) is 0 Å². The highest BCUT2D eigenvalue weighted by Gasteiger charge is 1.84. The Morgan fingerprint density at radius 2 is 1.78 bits per heavy atom. The molecule has 58 valence electrons. The normalized spacial score (nSPS) is 8.67. The molecule has 2 heteroatoms. The third-order valence-corrected chi connectivity index (χ3v) is 1.12. The third-order valence-electron chi connectivity index (χ3n) is 0.864. The molecule has 0 saturated carbocycles. The molecular formula is C7H20NP. The molecule has 0 bridgehead atoms. The van der Waals surface area contributed by atoms with E-state index < -0.39 is 0 Å². The van der Waals surface area contributed by atoms with Gasteiger partial charge in [0.15, 0.2) is 0 Å². The van der Waals surface area contributed by atoms with Crippen LogP contribution in [-0.2, 0) is 0 Å². The summed E-state index contributed by atoms with van der Waals surface area (Å²) < 4.78 is 2.13. The number of rotatable bonds is 3. The van der Waals surface area contributed by atoms with Crippen molar-refractivity contribution in [1.82, 2.24) is 4.67 Å². The first-order chi connectivity index (χ1) is 4.27. The van der Waals surface area contributed by atoms with Crippen LogP contribution in [0.15, 0.2) is 0 Å². The first-order valence-corrected chi connectivity index (χ1v) is 4.25. The Hall–Kier alpha value is 0.390. The lowest BCUT2D eigenvalue weighted by Crippen LogP contribution is -2.04. The van der Waals surface area contributed by atoms with Crippen LogP contribution in [0.4, 0.5) is 0 Å². The second-order valence-electron chi connectivity index (χ2n) is 1.83. The minimum atomic E-state index is 1.20. The van der Waals surface area contributed by atoms with Gasteiger partial charge in [-0.3, -0.25) is 4.67 Å². The summed E-state index contributed by atoms with van der Waals surface area (Å²) in [5.41, 5.74) is 0. The van der Waals surface area contributed by atoms with Crippen molar-refractivity contribution in [2.24, 2.45) is 0 Å². The van der Waals surface area contributed by atoms with Gasteiger partial charge in [0.25, 0.3) is 0 Å². The standard InChI is InChI=1S/C5H14NP.C2H6/c1-3-4-5-6(2)7;1-2/h3-5,7H2,1-2H3;1-2H3. The van der Waals surface area contributed by atoms with Crippen LogP contribution in [0.1, 0.15) is 33.6 Å². The van der Waals surface area contributed by atoms with Gasteiger partial charge < -0.3 is 0 Å². The van der Waals surface area contributed by atoms with Gasteiger partial charge in [-0.1, -0.05) is 36.6 Å². The van der Waals surface area contributed by atoms with Gasteiger partial charge in [0, 0.05) is 6.54 Å². The van der Waals surface area contributed by atoms with E-state index in [9.17, 15) is 0 Å². The Kier molecular flexibility index (Phi) is 15.1. The van der Waals surface area contributed by atoms with Gasteiger partial charge in [-0.15, -0.1) is 0 Å². The highest BCUT2D eigenvalue weighted by Crippen LogP contribution is 1.95. The Balaban J connectivity index is 0. The van der Waals surface area contributed by atoms with Crippen LogP contribution in [0, 0.1) is 0 Å². The fraction of sp³-hybridized carbons (Fsp3) is 1.00. The summed E-state index contributed by atoms with van der Waals surface area (Å²) >= 11 is 0. The van der Waals surface area contributed by atoms with E-state index in [4.69, 9.17) is 0 Å². The topological polar surface area (TPSA) is 3.24 Å². The lowest BCUT2D eigenvalue weighted by Gasteiger charge is -2.05. The van der Waals surface area contributed by atoms with Crippen molar-refractivity contribution in [2.45, 2.75) is 33.6 Å². The molecule has 0 spiro atoms. The van der Waals surface area contributed by atoms with E-state index in [1.807, 2.05) is 13.8 Å². The maximum absolute atomic E-state index is 2.64.